The second-order valence-electron chi connectivity index (χ2n) is 6.80. The molecule has 0 saturated heterocycles. The first-order valence-corrected chi connectivity index (χ1v) is 9.65. The number of carbonyl (C=O) groups is 1. The zero-order chi connectivity index (χ0) is 17.1. The number of thioether (sulfide) groups is 1. The van der Waals surface area contributed by atoms with Crippen LogP contribution in [-0.4, -0.2) is 39.6 Å². The Morgan fingerprint density at radius 3 is 2.67 bits per heavy atom. The standard InChI is InChI=1S/C19H25N3OS/c1-13-8-10-15(11-9-13)22(3)18(23)12-24-19-16-6-4-5-7-17(16)20-14(2)21-19/h4-7,13,15H,8-12H2,1-3H3. The number of para-hydroxylation sites is 1. The van der Waals surface area contributed by atoms with Gasteiger partial charge in [-0.3, -0.25) is 4.79 Å². The van der Waals surface area contributed by atoms with E-state index in [1.54, 1.807) is 0 Å². The Balaban J connectivity index is 1.66. The van der Waals surface area contributed by atoms with Crippen LogP contribution in [0.25, 0.3) is 10.9 Å². The van der Waals surface area contributed by atoms with Gasteiger partial charge in [0.2, 0.25) is 5.91 Å². The van der Waals surface area contributed by atoms with Crippen molar-refractivity contribution >= 4 is 28.6 Å². The largest absolute Gasteiger partial charge is 0.342 e. The molecule has 1 aromatic heterocycles. The van der Waals surface area contributed by atoms with Crippen molar-refractivity contribution in [3.63, 3.8) is 0 Å². The normalized spacial score (nSPS) is 21.0. The predicted molar refractivity (Wildman–Crippen MR) is 99.2 cm³/mol. The fourth-order valence-electron chi connectivity index (χ4n) is 3.33. The Kier molecular flexibility index (Phi) is 5.39. The molecule has 1 aliphatic rings. The highest BCUT2D eigenvalue weighted by Gasteiger charge is 2.24. The summed E-state index contributed by atoms with van der Waals surface area (Å²) in [6, 6.07) is 8.38. The molecule has 1 heterocycles. The number of carbonyl (C=O) groups excluding carboxylic acids is 1. The van der Waals surface area contributed by atoms with Crippen molar-refractivity contribution in [3.8, 4) is 0 Å². The lowest BCUT2D eigenvalue weighted by Crippen LogP contribution is -2.40. The second-order valence-corrected chi connectivity index (χ2v) is 7.76. The molecule has 128 valence electrons. The first-order valence-electron chi connectivity index (χ1n) is 8.66. The number of aryl methyl sites for hydroxylation is 1. The predicted octanol–water partition coefficient (Wildman–Crippen LogP) is 4.07. The zero-order valence-electron chi connectivity index (χ0n) is 14.7. The first-order chi connectivity index (χ1) is 11.5. The van der Waals surface area contributed by atoms with Crippen LogP contribution in [0.1, 0.15) is 38.4 Å². The van der Waals surface area contributed by atoms with Crippen molar-refractivity contribution in [2.75, 3.05) is 12.8 Å². The molecule has 0 unspecified atom stereocenters. The summed E-state index contributed by atoms with van der Waals surface area (Å²) in [6.07, 6.45) is 4.71. The topological polar surface area (TPSA) is 46.1 Å². The van der Waals surface area contributed by atoms with E-state index in [4.69, 9.17) is 0 Å². The van der Waals surface area contributed by atoms with Crippen LogP contribution in [0.2, 0.25) is 0 Å². The maximum Gasteiger partial charge on any atom is 0.232 e. The van der Waals surface area contributed by atoms with Gasteiger partial charge in [-0.05, 0) is 44.6 Å². The molecule has 1 fully saturated rings. The van der Waals surface area contributed by atoms with E-state index in [0.29, 0.717) is 11.8 Å². The van der Waals surface area contributed by atoms with Gasteiger partial charge in [-0.15, -0.1) is 0 Å². The number of hydrogen-bond acceptors (Lipinski definition) is 4. The lowest BCUT2D eigenvalue weighted by atomic mass is 9.87. The number of aromatic nitrogens is 2. The molecule has 2 aromatic rings. The number of amides is 1. The summed E-state index contributed by atoms with van der Waals surface area (Å²) in [5.41, 5.74) is 0.939. The number of rotatable bonds is 4. The lowest BCUT2D eigenvalue weighted by Gasteiger charge is -2.33. The molecule has 1 saturated carbocycles. The number of hydrogen-bond donors (Lipinski definition) is 0. The van der Waals surface area contributed by atoms with Gasteiger partial charge >= 0.3 is 0 Å². The molecule has 1 aromatic carbocycles. The average Bonchev–Trinajstić information content (AvgIpc) is 2.59. The van der Waals surface area contributed by atoms with Crippen LogP contribution in [0.4, 0.5) is 0 Å². The third-order valence-electron chi connectivity index (χ3n) is 4.94. The Morgan fingerprint density at radius 2 is 1.92 bits per heavy atom. The van der Waals surface area contributed by atoms with E-state index in [1.807, 2.05) is 43.1 Å². The molecule has 3 rings (SSSR count). The molecule has 5 heteroatoms. The zero-order valence-corrected chi connectivity index (χ0v) is 15.5. The van der Waals surface area contributed by atoms with Crippen LogP contribution in [-0.2, 0) is 4.79 Å². The molecular weight excluding hydrogens is 318 g/mol. The summed E-state index contributed by atoms with van der Waals surface area (Å²) in [4.78, 5) is 23.5. The molecule has 1 aliphatic carbocycles. The average molecular weight is 343 g/mol. The van der Waals surface area contributed by atoms with E-state index >= 15 is 0 Å². The van der Waals surface area contributed by atoms with Gasteiger partial charge in [0.05, 0.1) is 11.3 Å². The molecule has 0 spiro atoms. The highest BCUT2D eigenvalue weighted by atomic mass is 32.2. The van der Waals surface area contributed by atoms with Crippen LogP contribution in [0, 0.1) is 12.8 Å². The van der Waals surface area contributed by atoms with E-state index in [0.717, 1.165) is 40.5 Å². The van der Waals surface area contributed by atoms with Gasteiger partial charge in [-0.2, -0.15) is 0 Å². The smallest absolute Gasteiger partial charge is 0.232 e. The SMILES string of the molecule is Cc1nc(SCC(=O)N(C)C2CCC(C)CC2)c2ccccc2n1. The van der Waals surface area contributed by atoms with E-state index in [9.17, 15) is 4.79 Å². The Bertz CT molecular complexity index is 726. The lowest BCUT2D eigenvalue weighted by molar-refractivity contribution is -0.129. The van der Waals surface area contributed by atoms with Crippen molar-refractivity contribution in [2.24, 2.45) is 5.92 Å². The first kappa shape index (κ1) is 17.2. The minimum absolute atomic E-state index is 0.194. The van der Waals surface area contributed by atoms with Gasteiger partial charge in [-0.1, -0.05) is 36.9 Å². The number of benzene rings is 1. The highest BCUT2D eigenvalue weighted by molar-refractivity contribution is 8.00. The maximum absolute atomic E-state index is 12.6. The molecule has 1 amide bonds. The van der Waals surface area contributed by atoms with E-state index in [-0.39, 0.29) is 5.91 Å². The Hall–Kier alpha value is -1.62. The summed E-state index contributed by atoms with van der Waals surface area (Å²) >= 11 is 1.52. The van der Waals surface area contributed by atoms with E-state index in [2.05, 4.69) is 16.9 Å². The molecule has 0 atom stereocenters. The van der Waals surface area contributed by atoms with Gasteiger partial charge in [0.1, 0.15) is 10.9 Å². The summed E-state index contributed by atoms with van der Waals surface area (Å²) in [5, 5.41) is 1.92. The third-order valence-corrected chi connectivity index (χ3v) is 5.91. The van der Waals surface area contributed by atoms with E-state index in [1.165, 1.54) is 24.6 Å². The molecule has 0 bridgehead atoms. The quantitative estimate of drug-likeness (QED) is 0.620. The van der Waals surface area contributed by atoms with E-state index < -0.39 is 0 Å². The molecular formula is C19H25N3OS. The third kappa shape index (κ3) is 3.89. The van der Waals surface area contributed by atoms with Gasteiger partial charge in [0, 0.05) is 18.5 Å². The Morgan fingerprint density at radius 1 is 1.21 bits per heavy atom. The molecule has 24 heavy (non-hydrogen) atoms. The summed E-state index contributed by atoms with van der Waals surface area (Å²) in [6.45, 7) is 4.20. The van der Waals surface area contributed by atoms with Crippen LogP contribution < -0.4 is 0 Å². The number of nitrogens with zero attached hydrogens (tertiary/aromatic N) is 3. The Labute approximate surface area is 148 Å². The molecule has 4 nitrogen and oxygen atoms in total. The van der Waals surface area contributed by atoms with Gasteiger partial charge in [0.25, 0.3) is 0 Å². The second kappa shape index (κ2) is 7.51. The summed E-state index contributed by atoms with van der Waals surface area (Å²) in [7, 11) is 1.95. The summed E-state index contributed by atoms with van der Waals surface area (Å²) in [5.74, 6) is 2.18. The fourth-order valence-corrected chi connectivity index (χ4v) is 4.32. The monoisotopic (exact) mass is 343 g/mol. The van der Waals surface area contributed by atoms with Crippen molar-refractivity contribution < 1.29 is 4.79 Å². The minimum atomic E-state index is 0.194. The van der Waals surface area contributed by atoms with Crippen molar-refractivity contribution in [3.05, 3.63) is 30.1 Å². The molecule has 0 N–H and O–H groups in total. The van der Waals surface area contributed by atoms with Gasteiger partial charge in [-0.25, -0.2) is 9.97 Å². The number of fused-ring (bicyclic) bond motifs is 1. The fraction of sp³-hybridized carbons (Fsp3) is 0.526. The minimum Gasteiger partial charge on any atom is -0.342 e. The van der Waals surface area contributed by atoms with Crippen molar-refractivity contribution in [1.29, 1.82) is 0 Å². The van der Waals surface area contributed by atoms with Crippen LogP contribution >= 0.6 is 11.8 Å². The summed E-state index contributed by atoms with van der Waals surface area (Å²) < 4.78 is 0. The van der Waals surface area contributed by atoms with Crippen LogP contribution in [0.15, 0.2) is 29.3 Å². The van der Waals surface area contributed by atoms with Crippen molar-refractivity contribution in [1.82, 2.24) is 14.9 Å². The molecule has 0 aliphatic heterocycles. The highest BCUT2D eigenvalue weighted by Crippen LogP contribution is 2.28. The van der Waals surface area contributed by atoms with Crippen LogP contribution in [0.5, 0.6) is 0 Å². The maximum atomic E-state index is 12.6. The van der Waals surface area contributed by atoms with Gasteiger partial charge < -0.3 is 4.90 Å². The molecule has 0 radical (unpaired) electrons. The van der Waals surface area contributed by atoms with Gasteiger partial charge in [0.15, 0.2) is 0 Å². The van der Waals surface area contributed by atoms with Crippen molar-refractivity contribution in [2.45, 2.75) is 50.6 Å². The van der Waals surface area contributed by atoms with Crippen LogP contribution in [0.3, 0.4) is 0 Å².